The second-order valence-corrected chi connectivity index (χ2v) is 12.2. The van der Waals surface area contributed by atoms with Crippen molar-refractivity contribution in [1.82, 2.24) is 0 Å². The number of hydrogen-bond acceptors (Lipinski definition) is 1. The summed E-state index contributed by atoms with van der Waals surface area (Å²) < 4.78 is 0. The van der Waals surface area contributed by atoms with Crippen molar-refractivity contribution in [2.45, 2.75) is 19.3 Å². The Bertz CT molecular complexity index is 2060. The van der Waals surface area contributed by atoms with Gasteiger partial charge in [0, 0.05) is 22.5 Å². The molecule has 7 aromatic rings. The van der Waals surface area contributed by atoms with E-state index in [4.69, 9.17) is 0 Å². The molecule has 0 bridgehead atoms. The smallest absolute Gasteiger partial charge is 0.0467 e. The lowest BCUT2D eigenvalue weighted by Crippen LogP contribution is -2.17. The van der Waals surface area contributed by atoms with E-state index in [1.165, 1.54) is 55.3 Å². The summed E-state index contributed by atoms with van der Waals surface area (Å²) in [5.74, 6) is 0. The maximum Gasteiger partial charge on any atom is 0.0467 e. The van der Waals surface area contributed by atoms with E-state index in [-0.39, 0.29) is 5.41 Å². The summed E-state index contributed by atoms with van der Waals surface area (Å²) in [5, 5.41) is 2.64. The van der Waals surface area contributed by atoms with E-state index in [1.807, 2.05) is 0 Å². The van der Waals surface area contributed by atoms with Crippen molar-refractivity contribution in [3.63, 3.8) is 0 Å². The van der Waals surface area contributed by atoms with E-state index in [0.29, 0.717) is 0 Å². The van der Waals surface area contributed by atoms with Crippen LogP contribution in [-0.2, 0) is 5.41 Å². The molecule has 0 atom stereocenters. The van der Waals surface area contributed by atoms with Gasteiger partial charge >= 0.3 is 0 Å². The number of rotatable bonds is 5. The molecular formula is C43H33N. The van der Waals surface area contributed by atoms with Crippen molar-refractivity contribution in [2.24, 2.45) is 0 Å². The van der Waals surface area contributed by atoms with Gasteiger partial charge < -0.3 is 4.90 Å². The van der Waals surface area contributed by atoms with Crippen molar-refractivity contribution in [1.29, 1.82) is 0 Å². The number of hydrogen-bond donors (Lipinski definition) is 0. The third kappa shape index (κ3) is 4.32. The van der Waals surface area contributed by atoms with Crippen LogP contribution in [0.1, 0.15) is 25.0 Å². The van der Waals surface area contributed by atoms with E-state index in [0.717, 1.165) is 17.1 Å². The van der Waals surface area contributed by atoms with Gasteiger partial charge in [-0.2, -0.15) is 0 Å². The maximum absolute atomic E-state index is 2.43. The summed E-state index contributed by atoms with van der Waals surface area (Å²) in [7, 11) is 0. The molecule has 44 heavy (non-hydrogen) atoms. The van der Waals surface area contributed by atoms with Crippen LogP contribution < -0.4 is 4.90 Å². The van der Waals surface area contributed by atoms with Crippen molar-refractivity contribution in [3.8, 4) is 33.4 Å². The summed E-state index contributed by atoms with van der Waals surface area (Å²) in [6, 6.07) is 59.5. The fourth-order valence-corrected chi connectivity index (χ4v) is 7.08. The van der Waals surface area contributed by atoms with Crippen LogP contribution in [0.15, 0.2) is 164 Å². The molecule has 1 aliphatic rings. The molecule has 0 amide bonds. The highest BCUT2D eigenvalue weighted by Crippen LogP contribution is 2.53. The van der Waals surface area contributed by atoms with Crippen LogP contribution in [-0.4, -0.2) is 0 Å². The lowest BCUT2D eigenvalue weighted by molar-refractivity contribution is 0.666. The highest BCUT2D eigenvalue weighted by atomic mass is 15.1. The van der Waals surface area contributed by atoms with E-state index in [1.54, 1.807) is 0 Å². The minimum Gasteiger partial charge on any atom is -0.310 e. The molecule has 0 spiro atoms. The molecule has 7 aromatic carbocycles. The molecule has 8 rings (SSSR count). The summed E-state index contributed by atoms with van der Waals surface area (Å²) >= 11 is 0. The van der Waals surface area contributed by atoms with Gasteiger partial charge in [-0.1, -0.05) is 141 Å². The standard InChI is InChI=1S/C43H33N/c1-43(2)41-29-37(24-26-39(41)40-25-23-32-17-9-10-22-38(32)42(40)43)44(35-20-11-18-33(27-35)30-13-5-3-6-14-30)36-21-12-19-34(28-36)31-15-7-4-8-16-31/h3-29H,1-2H3. The quantitative estimate of drug-likeness (QED) is 0.201. The molecule has 0 aromatic heterocycles. The van der Waals surface area contributed by atoms with Crippen molar-refractivity contribution in [3.05, 3.63) is 175 Å². The van der Waals surface area contributed by atoms with Gasteiger partial charge in [0.2, 0.25) is 0 Å². The predicted molar refractivity (Wildman–Crippen MR) is 187 cm³/mol. The molecule has 1 nitrogen and oxygen atoms in total. The molecule has 0 saturated heterocycles. The number of benzene rings is 7. The number of nitrogens with zero attached hydrogens (tertiary/aromatic N) is 1. The molecular weight excluding hydrogens is 530 g/mol. The first-order chi connectivity index (χ1) is 21.6. The van der Waals surface area contributed by atoms with Crippen LogP contribution >= 0.6 is 0 Å². The molecule has 0 unspecified atom stereocenters. The largest absolute Gasteiger partial charge is 0.310 e. The summed E-state index contributed by atoms with van der Waals surface area (Å²) in [5.41, 5.74) is 13.6. The fourth-order valence-electron chi connectivity index (χ4n) is 7.08. The van der Waals surface area contributed by atoms with Gasteiger partial charge in [-0.05, 0) is 91.7 Å². The monoisotopic (exact) mass is 563 g/mol. The normalized spacial score (nSPS) is 13.0. The Hall–Kier alpha value is -5.40. The van der Waals surface area contributed by atoms with E-state index >= 15 is 0 Å². The van der Waals surface area contributed by atoms with Crippen LogP contribution in [0.4, 0.5) is 17.1 Å². The zero-order valence-corrected chi connectivity index (χ0v) is 25.0. The van der Waals surface area contributed by atoms with Gasteiger partial charge in [-0.3, -0.25) is 0 Å². The molecule has 0 radical (unpaired) electrons. The minimum atomic E-state index is -0.134. The first kappa shape index (κ1) is 26.2. The zero-order chi connectivity index (χ0) is 29.7. The van der Waals surface area contributed by atoms with Gasteiger partial charge in [0.1, 0.15) is 0 Å². The predicted octanol–water partition coefficient (Wildman–Crippen LogP) is 11.9. The Morgan fingerprint density at radius 3 is 1.57 bits per heavy atom. The number of fused-ring (bicyclic) bond motifs is 5. The average Bonchev–Trinajstić information content (AvgIpc) is 3.32. The summed E-state index contributed by atoms with van der Waals surface area (Å²) in [6.45, 7) is 4.76. The van der Waals surface area contributed by atoms with E-state index < -0.39 is 0 Å². The molecule has 0 fully saturated rings. The van der Waals surface area contributed by atoms with Crippen molar-refractivity contribution >= 4 is 27.8 Å². The Morgan fingerprint density at radius 2 is 0.932 bits per heavy atom. The molecule has 1 heteroatoms. The Labute approximate surface area is 259 Å². The molecule has 0 saturated carbocycles. The molecule has 1 aliphatic carbocycles. The lowest BCUT2D eigenvalue weighted by Gasteiger charge is -2.29. The maximum atomic E-state index is 2.43. The van der Waals surface area contributed by atoms with Gasteiger partial charge in [0.05, 0.1) is 0 Å². The summed E-state index contributed by atoms with van der Waals surface area (Å²) in [4.78, 5) is 2.41. The minimum absolute atomic E-state index is 0.134. The first-order valence-corrected chi connectivity index (χ1v) is 15.4. The lowest BCUT2D eigenvalue weighted by atomic mass is 9.80. The third-order valence-corrected chi connectivity index (χ3v) is 9.20. The highest BCUT2D eigenvalue weighted by molar-refractivity contribution is 5.98. The summed E-state index contributed by atoms with van der Waals surface area (Å²) in [6.07, 6.45) is 0. The second-order valence-electron chi connectivity index (χ2n) is 12.2. The molecule has 0 heterocycles. The SMILES string of the molecule is CC1(C)c2cc(N(c3cccc(-c4ccccc4)c3)c3cccc(-c4ccccc4)c3)ccc2-c2ccc3ccccc3c21. The van der Waals surface area contributed by atoms with Crippen molar-refractivity contribution in [2.75, 3.05) is 4.90 Å². The molecule has 0 N–H and O–H groups in total. The van der Waals surface area contributed by atoms with Gasteiger partial charge in [0.25, 0.3) is 0 Å². The van der Waals surface area contributed by atoms with Crippen LogP contribution in [0.2, 0.25) is 0 Å². The molecule has 210 valence electrons. The van der Waals surface area contributed by atoms with Gasteiger partial charge in [-0.25, -0.2) is 0 Å². The highest BCUT2D eigenvalue weighted by Gasteiger charge is 2.37. The Morgan fingerprint density at radius 1 is 0.409 bits per heavy atom. The van der Waals surface area contributed by atoms with Crippen LogP contribution in [0.5, 0.6) is 0 Å². The average molecular weight is 564 g/mol. The first-order valence-electron chi connectivity index (χ1n) is 15.4. The van der Waals surface area contributed by atoms with Gasteiger partial charge in [-0.15, -0.1) is 0 Å². The van der Waals surface area contributed by atoms with Crippen molar-refractivity contribution < 1.29 is 0 Å². The van der Waals surface area contributed by atoms with Crippen LogP contribution in [0, 0.1) is 0 Å². The van der Waals surface area contributed by atoms with Crippen LogP contribution in [0.3, 0.4) is 0 Å². The topological polar surface area (TPSA) is 3.24 Å². The Kier molecular flexibility index (Phi) is 6.20. The fraction of sp³-hybridized carbons (Fsp3) is 0.0698. The Balaban J connectivity index is 1.31. The van der Waals surface area contributed by atoms with E-state index in [9.17, 15) is 0 Å². The van der Waals surface area contributed by atoms with Gasteiger partial charge in [0.15, 0.2) is 0 Å². The molecule has 0 aliphatic heterocycles. The van der Waals surface area contributed by atoms with Crippen LogP contribution in [0.25, 0.3) is 44.2 Å². The van der Waals surface area contributed by atoms with E-state index in [2.05, 4.69) is 183 Å². The zero-order valence-electron chi connectivity index (χ0n) is 25.0. The third-order valence-electron chi connectivity index (χ3n) is 9.20. The number of anilines is 3. The second kappa shape index (κ2) is 10.4.